The molecule has 0 spiro atoms. The number of carbonyl (C=O) groups excluding carboxylic acids is 1. The Balaban J connectivity index is 2.39. The smallest absolute Gasteiger partial charge is 0.371 e. The lowest BCUT2D eigenvalue weighted by molar-refractivity contribution is -0.146. The number of aliphatic carboxylic acids is 1. The van der Waals surface area contributed by atoms with E-state index >= 15 is 0 Å². The van der Waals surface area contributed by atoms with Gasteiger partial charge in [0.1, 0.15) is 18.1 Å². The second-order valence-electron chi connectivity index (χ2n) is 8.34. The van der Waals surface area contributed by atoms with Crippen LogP contribution in [0.5, 0.6) is 11.5 Å². The molecule has 166 valence electrons. The van der Waals surface area contributed by atoms with Crippen molar-refractivity contribution in [3.63, 3.8) is 0 Å². The van der Waals surface area contributed by atoms with E-state index in [1.54, 1.807) is 12.1 Å². The zero-order chi connectivity index (χ0) is 23.0. The first-order chi connectivity index (χ1) is 14.6. The van der Waals surface area contributed by atoms with Gasteiger partial charge >= 0.3 is 11.9 Å². The summed E-state index contributed by atoms with van der Waals surface area (Å²) in [7, 11) is -1.97. The van der Waals surface area contributed by atoms with E-state index < -0.39 is 26.0 Å². The summed E-state index contributed by atoms with van der Waals surface area (Å²) in [5.41, 5.74) is 1.43. The van der Waals surface area contributed by atoms with E-state index in [1.165, 1.54) is 6.08 Å². The predicted octanol–water partition coefficient (Wildman–Crippen LogP) is 5.49. The van der Waals surface area contributed by atoms with E-state index in [-0.39, 0.29) is 0 Å². The maximum absolute atomic E-state index is 11.6. The molecular weight excluding hydrogens is 412 g/mol. The van der Waals surface area contributed by atoms with Crippen molar-refractivity contribution in [2.75, 3.05) is 0 Å². The maximum Gasteiger partial charge on any atom is 0.371 e. The highest BCUT2D eigenvalue weighted by Gasteiger charge is 2.26. The van der Waals surface area contributed by atoms with Gasteiger partial charge < -0.3 is 19.0 Å². The van der Waals surface area contributed by atoms with Crippen molar-refractivity contribution in [1.29, 1.82) is 0 Å². The minimum absolute atomic E-state index is 0.311. The lowest BCUT2D eigenvalue weighted by Crippen LogP contribution is -2.35. The lowest BCUT2D eigenvalue weighted by atomic mass is 10.1. The van der Waals surface area contributed by atoms with Crippen LogP contribution in [0.2, 0.25) is 19.1 Å². The van der Waals surface area contributed by atoms with Gasteiger partial charge in [-0.3, -0.25) is 4.79 Å². The van der Waals surface area contributed by atoms with Gasteiger partial charge in [0.2, 0.25) is 14.1 Å². The van der Waals surface area contributed by atoms with Crippen LogP contribution in [-0.2, 0) is 20.9 Å². The molecule has 0 amide bonds. The van der Waals surface area contributed by atoms with Gasteiger partial charge in [0.15, 0.2) is 0 Å². The predicted molar refractivity (Wildman–Crippen MR) is 122 cm³/mol. The summed E-state index contributed by atoms with van der Waals surface area (Å²) in [4.78, 5) is 22.9. The first-order valence-corrected chi connectivity index (χ1v) is 13.3. The number of carboxylic acids is 1. The summed E-state index contributed by atoms with van der Waals surface area (Å²) in [6.45, 7) is 10.1. The third kappa shape index (κ3) is 8.30. The molecule has 0 saturated heterocycles. The Kier molecular flexibility index (Phi) is 8.44. The van der Waals surface area contributed by atoms with E-state index in [0.717, 1.165) is 18.5 Å². The Labute approximate surface area is 184 Å². The van der Waals surface area contributed by atoms with Crippen molar-refractivity contribution in [3.8, 4) is 11.5 Å². The summed E-state index contributed by atoms with van der Waals surface area (Å²) >= 11 is 0. The zero-order valence-electron chi connectivity index (χ0n) is 18.7. The minimum atomic E-state index is -1.97. The molecule has 0 aliphatic heterocycles. The van der Waals surface area contributed by atoms with Gasteiger partial charge in [0.05, 0.1) is 0 Å². The van der Waals surface area contributed by atoms with Gasteiger partial charge in [0, 0.05) is 12.5 Å². The second-order valence-corrected chi connectivity index (χ2v) is 12.5. The van der Waals surface area contributed by atoms with E-state index in [9.17, 15) is 14.7 Å². The molecule has 0 heterocycles. The normalized spacial score (nSPS) is 11.9. The van der Waals surface area contributed by atoms with Crippen LogP contribution in [0, 0.1) is 5.92 Å². The molecule has 0 saturated carbocycles. The van der Waals surface area contributed by atoms with Gasteiger partial charge in [-0.05, 0) is 54.9 Å². The number of hydrogen-bond acceptors (Lipinski definition) is 5. The Morgan fingerprint density at radius 1 is 1.10 bits per heavy atom. The van der Waals surface area contributed by atoms with Crippen LogP contribution in [0.1, 0.15) is 31.9 Å². The van der Waals surface area contributed by atoms with Crippen LogP contribution in [-0.4, -0.2) is 25.4 Å². The van der Waals surface area contributed by atoms with Crippen molar-refractivity contribution in [1.82, 2.24) is 0 Å². The molecule has 2 rings (SSSR count). The highest BCUT2D eigenvalue weighted by Crippen LogP contribution is 2.30. The van der Waals surface area contributed by atoms with E-state index in [4.69, 9.17) is 13.9 Å². The summed E-state index contributed by atoms with van der Waals surface area (Å²) < 4.78 is 17.1. The summed E-state index contributed by atoms with van der Waals surface area (Å²) in [6, 6.07) is 15.9. The van der Waals surface area contributed by atoms with Crippen LogP contribution in [0.15, 0.2) is 54.3 Å². The number of carbonyl (C=O) groups is 2. The van der Waals surface area contributed by atoms with Crippen molar-refractivity contribution >= 4 is 26.3 Å². The summed E-state index contributed by atoms with van der Waals surface area (Å²) in [5, 5.41) is 9.43. The van der Waals surface area contributed by atoms with Crippen molar-refractivity contribution < 1.29 is 28.6 Å². The molecule has 0 bridgehead atoms. The number of ether oxygens (including phenoxy) is 2. The second kappa shape index (κ2) is 10.8. The molecule has 0 radical (unpaired) electrons. The first kappa shape index (κ1) is 24.2. The monoisotopic (exact) mass is 442 g/mol. The van der Waals surface area contributed by atoms with Crippen LogP contribution in [0.3, 0.4) is 0 Å². The van der Waals surface area contributed by atoms with Gasteiger partial charge in [-0.25, -0.2) is 4.79 Å². The van der Waals surface area contributed by atoms with Crippen molar-refractivity contribution in [2.45, 2.75) is 46.5 Å². The lowest BCUT2D eigenvalue weighted by Gasteiger charge is -2.26. The Morgan fingerprint density at radius 3 is 2.35 bits per heavy atom. The van der Waals surface area contributed by atoms with Gasteiger partial charge in [-0.1, -0.05) is 44.2 Å². The fraction of sp³-hybridized carbons (Fsp3) is 0.333. The quantitative estimate of drug-likeness (QED) is 0.227. The number of hydrogen-bond donors (Lipinski definition) is 1. The third-order valence-electron chi connectivity index (χ3n) is 4.26. The molecule has 1 N–H and O–H groups in total. The molecule has 0 aliphatic rings. The topological polar surface area (TPSA) is 82.1 Å². The molecule has 6 nitrogen and oxygen atoms in total. The fourth-order valence-electron chi connectivity index (χ4n) is 3.34. The maximum atomic E-state index is 11.6. The summed E-state index contributed by atoms with van der Waals surface area (Å²) in [5.74, 6) is -0.929. The van der Waals surface area contributed by atoms with Gasteiger partial charge in [-0.2, -0.15) is 0 Å². The molecule has 7 heteroatoms. The van der Waals surface area contributed by atoms with Crippen LogP contribution in [0.25, 0.3) is 6.08 Å². The number of esters is 1. The van der Waals surface area contributed by atoms with E-state index in [0.29, 0.717) is 29.6 Å². The SMILES string of the molecule is CC(=O)O/C(=C/c1cc(O[Si](C)(C)CC(C)C)ccc1OCc1ccccc1)C(=O)O. The number of rotatable bonds is 10. The van der Waals surface area contributed by atoms with Crippen LogP contribution >= 0.6 is 0 Å². The molecule has 0 atom stereocenters. The molecule has 0 fully saturated rings. The Bertz CT molecular complexity index is 934. The molecule has 0 aromatic heterocycles. The third-order valence-corrected chi connectivity index (χ3v) is 6.85. The number of benzene rings is 2. The molecule has 2 aromatic carbocycles. The first-order valence-electron chi connectivity index (χ1n) is 10.2. The van der Waals surface area contributed by atoms with Gasteiger partial charge in [-0.15, -0.1) is 0 Å². The molecule has 31 heavy (non-hydrogen) atoms. The van der Waals surface area contributed by atoms with Crippen LogP contribution < -0.4 is 9.16 Å². The molecular formula is C24H30O6Si. The highest BCUT2D eigenvalue weighted by atomic mass is 28.4. The minimum Gasteiger partial charge on any atom is -0.544 e. The molecule has 0 unspecified atom stereocenters. The van der Waals surface area contributed by atoms with Crippen molar-refractivity contribution in [2.24, 2.45) is 5.92 Å². The highest BCUT2D eigenvalue weighted by molar-refractivity contribution is 6.71. The number of carboxylic acid groups (broad SMARTS) is 1. The van der Waals surface area contributed by atoms with E-state index in [1.807, 2.05) is 36.4 Å². The largest absolute Gasteiger partial charge is 0.544 e. The molecule has 0 aliphatic carbocycles. The van der Waals surface area contributed by atoms with Crippen LogP contribution in [0.4, 0.5) is 0 Å². The Hall–Kier alpha value is -3.06. The summed E-state index contributed by atoms with van der Waals surface area (Å²) in [6.07, 6.45) is 1.29. The van der Waals surface area contributed by atoms with Gasteiger partial charge in [0.25, 0.3) is 0 Å². The average Bonchev–Trinajstić information content (AvgIpc) is 2.66. The average molecular weight is 443 g/mol. The fourth-order valence-corrected chi connectivity index (χ4v) is 6.16. The van der Waals surface area contributed by atoms with E-state index in [2.05, 4.69) is 26.9 Å². The zero-order valence-corrected chi connectivity index (χ0v) is 19.7. The molecule has 2 aromatic rings. The standard InChI is InChI=1S/C24H30O6Si/c1-17(2)16-31(4,5)30-21-11-12-22(28-15-19-9-7-6-8-10-19)20(13-21)14-23(24(26)27)29-18(3)25/h6-14,17H,15-16H2,1-5H3,(H,26,27)/b23-14+. The Morgan fingerprint density at radius 2 is 1.77 bits per heavy atom. The van der Waals surface area contributed by atoms with Crippen molar-refractivity contribution in [3.05, 3.63) is 65.4 Å².